The molecule has 4 unspecified atom stereocenters. The van der Waals surface area contributed by atoms with Crippen molar-refractivity contribution in [3.63, 3.8) is 0 Å². The van der Waals surface area contributed by atoms with Crippen molar-refractivity contribution < 1.29 is 10.2 Å². The molecule has 0 aromatic heterocycles. The van der Waals surface area contributed by atoms with E-state index in [-0.39, 0.29) is 0 Å². The Morgan fingerprint density at radius 3 is 1.37 bits per heavy atom. The highest BCUT2D eigenvalue weighted by Gasteiger charge is 2.16. The van der Waals surface area contributed by atoms with Crippen LogP contribution in [0.5, 0.6) is 11.5 Å². The minimum Gasteiger partial charge on any atom is -0.508 e. The zero-order valence-corrected chi connectivity index (χ0v) is 23.4. The van der Waals surface area contributed by atoms with Crippen LogP contribution >= 0.6 is 0 Å². The molecule has 0 spiro atoms. The van der Waals surface area contributed by atoms with Gasteiger partial charge in [-0.2, -0.15) is 0 Å². The highest BCUT2D eigenvalue weighted by molar-refractivity contribution is 5.45. The van der Waals surface area contributed by atoms with E-state index in [9.17, 15) is 10.2 Å². The van der Waals surface area contributed by atoms with E-state index in [1.807, 2.05) is 12.1 Å². The molecule has 0 saturated heterocycles. The summed E-state index contributed by atoms with van der Waals surface area (Å²) in [5.74, 6) is 2.97. The van der Waals surface area contributed by atoms with Crippen molar-refractivity contribution >= 4 is 0 Å². The van der Waals surface area contributed by atoms with Crippen molar-refractivity contribution in [1.29, 1.82) is 0 Å². The number of aromatic hydroxyl groups is 2. The maximum Gasteiger partial charge on any atom is 0.119 e. The molecule has 0 aliphatic heterocycles. The molecular weight excluding hydrogens is 428 g/mol. The van der Waals surface area contributed by atoms with Crippen LogP contribution < -0.4 is 0 Å². The summed E-state index contributed by atoms with van der Waals surface area (Å²) in [6.45, 7) is 13.8. The van der Waals surface area contributed by atoms with E-state index >= 15 is 0 Å². The number of hydrogen-bond acceptors (Lipinski definition) is 2. The fourth-order valence-electron chi connectivity index (χ4n) is 5.51. The Morgan fingerprint density at radius 1 is 0.600 bits per heavy atom. The van der Waals surface area contributed by atoms with E-state index in [2.05, 4.69) is 65.8 Å². The molecule has 35 heavy (non-hydrogen) atoms. The van der Waals surface area contributed by atoms with Crippen LogP contribution in [0.4, 0.5) is 0 Å². The van der Waals surface area contributed by atoms with Gasteiger partial charge in [-0.1, -0.05) is 117 Å². The number of rotatable bonds is 16. The largest absolute Gasteiger partial charge is 0.508 e. The lowest BCUT2D eigenvalue weighted by Gasteiger charge is -2.20. The molecule has 2 heteroatoms. The lowest BCUT2D eigenvalue weighted by Crippen LogP contribution is -2.04. The highest BCUT2D eigenvalue weighted by Crippen LogP contribution is 2.34. The number of benzene rings is 2. The van der Waals surface area contributed by atoms with Crippen molar-refractivity contribution in [2.45, 2.75) is 124 Å². The van der Waals surface area contributed by atoms with Crippen molar-refractivity contribution in [1.82, 2.24) is 0 Å². The van der Waals surface area contributed by atoms with Crippen LogP contribution in [0.2, 0.25) is 0 Å². The third-order valence-electron chi connectivity index (χ3n) is 7.84. The maximum atomic E-state index is 10.6. The predicted molar refractivity (Wildman–Crippen MR) is 152 cm³/mol. The number of phenols is 2. The molecular formula is C33H52O2. The molecule has 2 aromatic rings. The van der Waals surface area contributed by atoms with Crippen LogP contribution in [0, 0.1) is 11.8 Å². The molecule has 2 N–H and O–H groups in total. The molecule has 2 aromatic carbocycles. The average Bonchev–Trinajstić information content (AvgIpc) is 2.82. The van der Waals surface area contributed by atoms with Gasteiger partial charge in [-0.05, 0) is 70.9 Å². The summed E-state index contributed by atoms with van der Waals surface area (Å²) in [4.78, 5) is 0. The van der Waals surface area contributed by atoms with Gasteiger partial charge in [0.15, 0.2) is 0 Å². The zero-order valence-electron chi connectivity index (χ0n) is 23.4. The Morgan fingerprint density at radius 2 is 1.00 bits per heavy atom. The molecule has 4 atom stereocenters. The average molecular weight is 481 g/mol. The first-order valence-corrected chi connectivity index (χ1v) is 14.4. The van der Waals surface area contributed by atoms with Crippen LogP contribution in [-0.4, -0.2) is 10.2 Å². The van der Waals surface area contributed by atoms with E-state index in [4.69, 9.17) is 0 Å². The van der Waals surface area contributed by atoms with E-state index in [0.29, 0.717) is 41.6 Å². The van der Waals surface area contributed by atoms with Crippen LogP contribution in [-0.2, 0) is 6.42 Å². The third kappa shape index (κ3) is 9.90. The number of unbranched alkanes of at least 4 members (excludes halogenated alkanes) is 4. The fraction of sp³-hybridized carbons (Fsp3) is 0.636. The Hall–Kier alpha value is -1.96. The van der Waals surface area contributed by atoms with E-state index in [0.717, 1.165) is 11.1 Å². The summed E-state index contributed by atoms with van der Waals surface area (Å²) in [7, 11) is 0. The van der Waals surface area contributed by atoms with Crippen molar-refractivity contribution in [3.05, 3.63) is 58.7 Å². The molecule has 0 aliphatic carbocycles. The van der Waals surface area contributed by atoms with Gasteiger partial charge in [-0.25, -0.2) is 0 Å². The monoisotopic (exact) mass is 480 g/mol. The zero-order chi connectivity index (χ0) is 25.8. The van der Waals surface area contributed by atoms with Gasteiger partial charge < -0.3 is 10.2 Å². The molecule has 0 radical (unpaired) electrons. The fourth-order valence-corrected chi connectivity index (χ4v) is 5.51. The lowest BCUT2D eigenvalue weighted by molar-refractivity contribution is 0.431. The summed E-state index contributed by atoms with van der Waals surface area (Å²) in [6.07, 6.45) is 13.3. The van der Waals surface area contributed by atoms with Gasteiger partial charge in [0.1, 0.15) is 11.5 Å². The molecule has 0 saturated carbocycles. The van der Waals surface area contributed by atoms with E-state index < -0.39 is 0 Å². The normalized spacial score (nSPS) is 15.0. The second-order valence-electron chi connectivity index (χ2n) is 11.4. The van der Waals surface area contributed by atoms with Gasteiger partial charge in [0, 0.05) is 6.42 Å². The summed E-state index contributed by atoms with van der Waals surface area (Å²) < 4.78 is 0. The Kier molecular flexibility index (Phi) is 12.7. The van der Waals surface area contributed by atoms with Crippen LogP contribution in [0.15, 0.2) is 36.4 Å². The van der Waals surface area contributed by atoms with Crippen molar-refractivity contribution in [2.75, 3.05) is 0 Å². The SMILES string of the molecule is CCCCCC(C)CC(C)c1ccc(O)c(Cc2cc(C(C)CC(C)CCCCC)ccc2O)c1. The molecule has 0 fully saturated rings. The Bertz CT molecular complexity index is 800. The second kappa shape index (κ2) is 15.2. The van der Waals surface area contributed by atoms with Crippen molar-refractivity contribution in [3.8, 4) is 11.5 Å². The first-order chi connectivity index (χ1) is 16.7. The van der Waals surface area contributed by atoms with E-state index in [1.54, 1.807) is 0 Å². The molecule has 2 rings (SSSR count). The smallest absolute Gasteiger partial charge is 0.119 e. The van der Waals surface area contributed by atoms with Gasteiger partial charge in [0.05, 0.1) is 0 Å². The topological polar surface area (TPSA) is 40.5 Å². The van der Waals surface area contributed by atoms with Gasteiger partial charge in [-0.3, -0.25) is 0 Å². The third-order valence-corrected chi connectivity index (χ3v) is 7.84. The lowest BCUT2D eigenvalue weighted by atomic mass is 9.86. The summed E-state index contributed by atoms with van der Waals surface area (Å²) in [6, 6.07) is 12.1. The summed E-state index contributed by atoms with van der Waals surface area (Å²) >= 11 is 0. The second-order valence-corrected chi connectivity index (χ2v) is 11.4. The standard InChI is InChI=1S/C33H52O2/c1-7-9-11-13-24(3)19-26(5)28-15-17-32(34)30(21-28)23-31-22-29(16-18-33(31)35)27(6)20-25(4)14-12-10-8-2/h15-18,21-22,24-27,34-35H,7-14,19-20,23H2,1-6H3. The molecule has 0 aliphatic rings. The maximum absolute atomic E-state index is 10.6. The van der Waals surface area contributed by atoms with Gasteiger partial charge in [-0.15, -0.1) is 0 Å². The molecule has 2 nitrogen and oxygen atoms in total. The first kappa shape index (κ1) is 29.3. The molecule has 0 amide bonds. The first-order valence-electron chi connectivity index (χ1n) is 14.4. The van der Waals surface area contributed by atoms with E-state index in [1.165, 1.54) is 75.3 Å². The Balaban J connectivity index is 2.09. The van der Waals surface area contributed by atoms with Gasteiger partial charge >= 0.3 is 0 Å². The Labute approximate surface area is 216 Å². The van der Waals surface area contributed by atoms with Crippen LogP contribution in [0.3, 0.4) is 0 Å². The van der Waals surface area contributed by atoms with Crippen LogP contribution in [0.1, 0.15) is 140 Å². The molecule has 196 valence electrons. The minimum absolute atomic E-state index is 0.319. The summed E-state index contributed by atoms with van der Waals surface area (Å²) in [5, 5.41) is 21.2. The minimum atomic E-state index is 0.319. The van der Waals surface area contributed by atoms with Gasteiger partial charge in [0.2, 0.25) is 0 Å². The van der Waals surface area contributed by atoms with Crippen molar-refractivity contribution in [2.24, 2.45) is 11.8 Å². The number of hydrogen-bond donors (Lipinski definition) is 2. The highest BCUT2D eigenvalue weighted by atomic mass is 16.3. The molecule has 0 heterocycles. The summed E-state index contributed by atoms with van der Waals surface area (Å²) in [5.41, 5.74) is 4.37. The van der Waals surface area contributed by atoms with Gasteiger partial charge in [0.25, 0.3) is 0 Å². The quantitative estimate of drug-likeness (QED) is 0.235. The predicted octanol–water partition coefficient (Wildman–Crippen LogP) is 10.1. The molecule has 0 bridgehead atoms. The van der Waals surface area contributed by atoms with Crippen LogP contribution in [0.25, 0.3) is 0 Å². The number of phenolic OH excluding ortho intramolecular Hbond substituents is 2.